The van der Waals surface area contributed by atoms with Gasteiger partial charge >= 0.3 is 0 Å². The van der Waals surface area contributed by atoms with Crippen LogP contribution in [-0.4, -0.2) is 35.5 Å². The minimum absolute atomic E-state index is 0.335. The molecule has 0 aromatic carbocycles. The van der Waals surface area contributed by atoms with Gasteiger partial charge in [0.1, 0.15) is 0 Å². The minimum Gasteiger partial charge on any atom is -0.411 e. The summed E-state index contributed by atoms with van der Waals surface area (Å²) < 4.78 is 5.52. The lowest BCUT2D eigenvalue weighted by Gasteiger charge is -2.19. The Bertz CT molecular complexity index is 88.1. The van der Waals surface area contributed by atoms with Crippen molar-refractivity contribution in [1.29, 1.82) is 0 Å². The average molecular weight is 161 g/mol. The summed E-state index contributed by atoms with van der Waals surface area (Å²) in [4.78, 5) is 2.05. The van der Waals surface area contributed by atoms with E-state index in [0.717, 1.165) is 6.73 Å². The molecule has 62 valence electrons. The van der Waals surface area contributed by atoms with Crippen LogP contribution in [0.3, 0.4) is 0 Å². The van der Waals surface area contributed by atoms with Crippen LogP contribution in [0.15, 0.2) is 0 Å². The van der Waals surface area contributed by atoms with Crippen LogP contribution in [-0.2, 0) is 4.43 Å². The number of hydrogen-bond donors (Lipinski definition) is 0. The highest BCUT2D eigenvalue weighted by molar-refractivity contribution is 6.31. The van der Waals surface area contributed by atoms with Gasteiger partial charge in [0, 0.05) is 0 Å². The molecule has 0 fully saturated rings. The van der Waals surface area contributed by atoms with E-state index in [9.17, 15) is 0 Å². The van der Waals surface area contributed by atoms with Gasteiger partial charge in [0.05, 0.1) is 6.73 Å². The summed E-state index contributed by atoms with van der Waals surface area (Å²) in [6.07, 6.45) is 0. The molecule has 0 saturated carbocycles. The molecule has 0 spiro atoms. The average Bonchev–Trinajstić information content (AvgIpc) is 1.59. The molecule has 0 aromatic heterocycles. The maximum Gasteiger partial charge on any atom is 0.168 e. The van der Waals surface area contributed by atoms with Crippen LogP contribution < -0.4 is 0 Å². The van der Waals surface area contributed by atoms with Gasteiger partial charge in [-0.3, -0.25) is 4.90 Å². The van der Waals surface area contributed by atoms with E-state index in [1.807, 2.05) is 14.1 Å². The van der Waals surface area contributed by atoms with Crippen LogP contribution in [0.4, 0.5) is 0 Å². The fourth-order valence-corrected chi connectivity index (χ4v) is 1.60. The second-order valence-corrected chi connectivity index (χ2v) is 6.94. The Labute approximate surface area is 66.5 Å². The molecular weight excluding hydrogens is 142 g/mol. The van der Waals surface area contributed by atoms with Crippen molar-refractivity contribution in [2.75, 3.05) is 20.8 Å². The molecule has 0 radical (unpaired) electrons. The van der Waals surface area contributed by atoms with Crippen molar-refractivity contribution in [2.24, 2.45) is 0 Å². The molecule has 0 aliphatic rings. The molecule has 0 rings (SSSR count). The highest BCUT2D eigenvalue weighted by Crippen LogP contribution is 2.19. The summed E-state index contributed by atoms with van der Waals surface area (Å²) in [7, 11) is 3.71. The van der Waals surface area contributed by atoms with E-state index < -0.39 is 0 Å². The topological polar surface area (TPSA) is 12.5 Å². The Morgan fingerprint density at radius 3 is 2.10 bits per heavy atom. The van der Waals surface area contributed by atoms with Gasteiger partial charge in [-0.1, -0.05) is 20.8 Å². The van der Waals surface area contributed by atoms with Crippen molar-refractivity contribution in [3.05, 3.63) is 0 Å². The van der Waals surface area contributed by atoms with Gasteiger partial charge in [-0.15, -0.1) is 0 Å². The zero-order valence-corrected chi connectivity index (χ0v) is 9.18. The third-order valence-electron chi connectivity index (χ3n) is 0.885. The summed E-state index contributed by atoms with van der Waals surface area (Å²) in [6.45, 7) is 7.47. The predicted molar refractivity (Wildman–Crippen MR) is 47.9 cm³/mol. The number of nitrogens with zero attached hydrogens (tertiary/aromatic N) is 1. The summed E-state index contributed by atoms with van der Waals surface area (Å²) >= 11 is 0. The summed E-state index contributed by atoms with van der Waals surface area (Å²) in [5.74, 6) is 0. The highest BCUT2D eigenvalue weighted by atomic mass is 28.2. The first kappa shape index (κ1) is 10.1. The smallest absolute Gasteiger partial charge is 0.168 e. The first-order chi connectivity index (χ1) is 4.42. The summed E-state index contributed by atoms with van der Waals surface area (Å²) in [5.41, 5.74) is 0. The molecule has 0 heterocycles. The quantitative estimate of drug-likeness (QED) is 0.449. The normalized spacial score (nSPS) is 13.8. The van der Waals surface area contributed by atoms with Crippen LogP contribution in [0.25, 0.3) is 0 Å². The van der Waals surface area contributed by atoms with Crippen molar-refractivity contribution in [2.45, 2.75) is 25.8 Å². The minimum atomic E-state index is -0.335. The fraction of sp³-hybridized carbons (Fsp3) is 1.00. The highest BCUT2D eigenvalue weighted by Gasteiger charge is 2.10. The van der Waals surface area contributed by atoms with Gasteiger partial charge in [0.2, 0.25) is 0 Å². The Morgan fingerprint density at radius 2 is 1.80 bits per heavy atom. The Balaban J connectivity index is 3.21. The van der Waals surface area contributed by atoms with Gasteiger partial charge < -0.3 is 4.43 Å². The largest absolute Gasteiger partial charge is 0.411 e. The van der Waals surface area contributed by atoms with E-state index in [4.69, 9.17) is 4.43 Å². The van der Waals surface area contributed by atoms with E-state index in [0.29, 0.717) is 5.04 Å². The van der Waals surface area contributed by atoms with Gasteiger partial charge in [-0.05, 0) is 19.1 Å². The van der Waals surface area contributed by atoms with E-state index in [2.05, 4.69) is 25.7 Å². The van der Waals surface area contributed by atoms with Crippen LogP contribution in [0.5, 0.6) is 0 Å². The van der Waals surface area contributed by atoms with Crippen LogP contribution in [0.2, 0.25) is 5.04 Å². The molecule has 0 unspecified atom stereocenters. The second-order valence-electron chi connectivity index (χ2n) is 4.12. The molecule has 0 amide bonds. The number of rotatable bonds is 3. The van der Waals surface area contributed by atoms with Crippen molar-refractivity contribution >= 4 is 9.76 Å². The molecule has 0 aliphatic carbocycles. The maximum atomic E-state index is 5.52. The molecule has 0 aromatic rings. The lowest BCUT2D eigenvalue weighted by Crippen LogP contribution is -2.21. The third kappa shape index (κ3) is 8.14. The molecule has 3 heteroatoms. The monoisotopic (exact) mass is 161 g/mol. The van der Waals surface area contributed by atoms with Gasteiger partial charge in [0.25, 0.3) is 0 Å². The molecule has 10 heavy (non-hydrogen) atoms. The summed E-state index contributed by atoms with van der Waals surface area (Å²) in [5, 5.41) is 0.427. The molecule has 2 nitrogen and oxygen atoms in total. The predicted octanol–water partition coefficient (Wildman–Crippen LogP) is 0.824. The second kappa shape index (κ2) is 4.11. The van der Waals surface area contributed by atoms with E-state index in [-0.39, 0.29) is 9.76 Å². The standard InChI is InChI=1S/C7H19NOSi/c1-7(2,3)10-9-6-8(4)5/h6,10H2,1-5H3. The lowest BCUT2D eigenvalue weighted by atomic mass is 10.3. The molecule has 0 bridgehead atoms. The number of hydrogen-bond acceptors (Lipinski definition) is 2. The van der Waals surface area contributed by atoms with Crippen molar-refractivity contribution in [3.63, 3.8) is 0 Å². The van der Waals surface area contributed by atoms with E-state index >= 15 is 0 Å². The molecule has 0 aliphatic heterocycles. The van der Waals surface area contributed by atoms with Crippen molar-refractivity contribution in [3.8, 4) is 0 Å². The Hall–Kier alpha value is 0.137. The lowest BCUT2D eigenvalue weighted by molar-refractivity contribution is 0.181. The Morgan fingerprint density at radius 1 is 1.30 bits per heavy atom. The van der Waals surface area contributed by atoms with Crippen molar-refractivity contribution in [1.82, 2.24) is 4.90 Å². The van der Waals surface area contributed by atoms with E-state index in [1.54, 1.807) is 0 Å². The zero-order valence-electron chi connectivity index (χ0n) is 7.77. The van der Waals surface area contributed by atoms with Gasteiger partial charge in [0.15, 0.2) is 9.76 Å². The first-order valence-corrected chi connectivity index (χ1v) is 4.93. The fourth-order valence-electron chi connectivity index (χ4n) is 0.534. The van der Waals surface area contributed by atoms with Crippen molar-refractivity contribution < 1.29 is 4.43 Å². The van der Waals surface area contributed by atoms with Crippen LogP contribution in [0, 0.1) is 0 Å². The molecule has 0 saturated heterocycles. The molecular formula is C7H19NOSi. The van der Waals surface area contributed by atoms with Gasteiger partial charge in [-0.25, -0.2) is 0 Å². The molecule has 0 N–H and O–H groups in total. The first-order valence-electron chi connectivity index (χ1n) is 3.64. The Kier molecular flexibility index (Phi) is 4.16. The van der Waals surface area contributed by atoms with Gasteiger partial charge in [-0.2, -0.15) is 0 Å². The molecule has 0 atom stereocenters. The third-order valence-corrected chi connectivity index (χ3v) is 2.14. The van der Waals surface area contributed by atoms with E-state index in [1.165, 1.54) is 0 Å². The summed E-state index contributed by atoms with van der Waals surface area (Å²) in [6, 6.07) is 0. The van der Waals surface area contributed by atoms with Crippen LogP contribution in [0.1, 0.15) is 20.8 Å². The van der Waals surface area contributed by atoms with Crippen LogP contribution >= 0.6 is 0 Å². The SMILES string of the molecule is CN(C)CO[SiH2]C(C)(C)C. The zero-order chi connectivity index (χ0) is 8.20. The maximum absolute atomic E-state index is 5.52.